The van der Waals surface area contributed by atoms with Crippen molar-refractivity contribution < 1.29 is 19.4 Å². The van der Waals surface area contributed by atoms with Gasteiger partial charge in [-0.25, -0.2) is 9.59 Å². The number of nitrogens with zero attached hydrogens (tertiary/aromatic N) is 2. The maximum Gasteiger partial charge on any atom is 0.329 e. The van der Waals surface area contributed by atoms with Crippen LogP contribution in [-0.2, 0) is 22.4 Å². The first-order chi connectivity index (χ1) is 13.6. The predicted molar refractivity (Wildman–Crippen MR) is 113 cm³/mol. The van der Waals surface area contributed by atoms with Crippen molar-refractivity contribution in [3.05, 3.63) is 29.3 Å². The van der Waals surface area contributed by atoms with Crippen LogP contribution in [0.15, 0.2) is 18.2 Å². The van der Waals surface area contributed by atoms with Gasteiger partial charge in [-0.15, -0.1) is 12.4 Å². The standard InChI is InChI=1S/C21H29N3O4.ClH/c25-20(26)14-28-19-5-3-17(4-6-19)23-11-12-24(21(23)27)18-2-1-15-7-9-22-10-8-16(15)13-18;/h1-2,13,17,19,22H,3-12,14H2,(H,25,26);1H. The van der Waals surface area contributed by atoms with Crippen LogP contribution in [-0.4, -0.2) is 66.9 Å². The Balaban J connectivity index is 0.00000240. The predicted octanol–water partition coefficient (Wildman–Crippen LogP) is 2.45. The van der Waals surface area contributed by atoms with E-state index in [0.717, 1.165) is 70.4 Å². The summed E-state index contributed by atoms with van der Waals surface area (Å²) in [7, 11) is 0. The molecule has 1 saturated carbocycles. The highest BCUT2D eigenvalue weighted by Gasteiger charge is 2.36. The number of benzene rings is 1. The van der Waals surface area contributed by atoms with E-state index in [-0.39, 0.29) is 37.2 Å². The van der Waals surface area contributed by atoms with Crippen molar-refractivity contribution in [2.45, 2.75) is 50.7 Å². The second kappa shape index (κ2) is 9.78. The number of amides is 2. The molecule has 0 unspecified atom stereocenters. The topological polar surface area (TPSA) is 82.1 Å². The number of urea groups is 1. The van der Waals surface area contributed by atoms with E-state index in [0.29, 0.717) is 0 Å². The van der Waals surface area contributed by atoms with Gasteiger partial charge in [0.2, 0.25) is 0 Å². The maximum atomic E-state index is 13.1. The number of carboxylic acid groups (broad SMARTS) is 1. The van der Waals surface area contributed by atoms with Crippen molar-refractivity contribution in [3.63, 3.8) is 0 Å². The van der Waals surface area contributed by atoms with Gasteiger partial charge in [0.1, 0.15) is 6.61 Å². The summed E-state index contributed by atoms with van der Waals surface area (Å²) < 4.78 is 5.42. The third-order valence-electron chi connectivity index (χ3n) is 6.21. The van der Waals surface area contributed by atoms with Crippen LogP contribution in [0.1, 0.15) is 36.8 Å². The van der Waals surface area contributed by atoms with Gasteiger partial charge in [-0.2, -0.15) is 0 Å². The molecule has 160 valence electrons. The molecule has 0 atom stereocenters. The summed E-state index contributed by atoms with van der Waals surface area (Å²) in [5.74, 6) is -0.927. The van der Waals surface area contributed by atoms with Crippen LogP contribution in [0.2, 0.25) is 0 Å². The second-order valence-electron chi connectivity index (χ2n) is 7.97. The highest BCUT2D eigenvalue weighted by molar-refractivity contribution is 5.94. The first-order valence-corrected chi connectivity index (χ1v) is 10.4. The van der Waals surface area contributed by atoms with Crippen molar-refractivity contribution in [1.29, 1.82) is 0 Å². The molecule has 0 spiro atoms. The number of nitrogens with one attached hydrogen (secondary N) is 1. The number of hydrogen-bond donors (Lipinski definition) is 2. The molecule has 2 fully saturated rings. The summed E-state index contributed by atoms with van der Waals surface area (Å²) in [6.45, 7) is 3.25. The van der Waals surface area contributed by atoms with E-state index in [4.69, 9.17) is 9.84 Å². The zero-order valence-corrected chi connectivity index (χ0v) is 17.5. The van der Waals surface area contributed by atoms with Crippen molar-refractivity contribution >= 4 is 30.1 Å². The number of anilines is 1. The molecular weight excluding hydrogens is 394 g/mol. The molecule has 2 heterocycles. The summed E-state index contributed by atoms with van der Waals surface area (Å²) in [6, 6.07) is 6.79. The number of aliphatic carboxylic acids is 1. The fourth-order valence-electron chi connectivity index (χ4n) is 4.67. The molecule has 1 saturated heterocycles. The van der Waals surface area contributed by atoms with Crippen molar-refractivity contribution in [2.75, 3.05) is 37.7 Å². The van der Waals surface area contributed by atoms with Crippen molar-refractivity contribution in [2.24, 2.45) is 0 Å². The molecule has 0 bridgehead atoms. The average Bonchev–Trinajstić information content (AvgIpc) is 2.93. The van der Waals surface area contributed by atoms with Crippen molar-refractivity contribution in [1.82, 2.24) is 10.2 Å². The Labute approximate surface area is 177 Å². The third-order valence-corrected chi connectivity index (χ3v) is 6.21. The van der Waals surface area contributed by atoms with Gasteiger partial charge >= 0.3 is 12.0 Å². The van der Waals surface area contributed by atoms with Crippen LogP contribution in [0.3, 0.4) is 0 Å². The Hall–Kier alpha value is -1.83. The number of carbonyl (C=O) groups excluding carboxylic acids is 1. The van der Waals surface area contributed by atoms with Gasteiger partial charge in [-0.05, 0) is 74.9 Å². The third kappa shape index (κ3) is 5.02. The van der Waals surface area contributed by atoms with Crippen LogP contribution in [0.4, 0.5) is 10.5 Å². The molecule has 2 aliphatic heterocycles. The summed E-state index contributed by atoms with van der Waals surface area (Å²) >= 11 is 0. The normalized spacial score (nSPS) is 24.6. The molecule has 29 heavy (non-hydrogen) atoms. The number of halogens is 1. The molecule has 1 aliphatic carbocycles. The average molecular weight is 424 g/mol. The molecule has 3 aliphatic rings. The summed E-state index contributed by atoms with van der Waals surface area (Å²) in [5, 5.41) is 12.2. The monoisotopic (exact) mass is 423 g/mol. The van der Waals surface area contributed by atoms with E-state index in [2.05, 4.69) is 23.5 Å². The molecule has 8 heteroatoms. The van der Waals surface area contributed by atoms with Gasteiger partial charge < -0.3 is 20.1 Å². The Morgan fingerprint density at radius 3 is 2.55 bits per heavy atom. The number of carboxylic acids is 1. The van der Waals surface area contributed by atoms with Gasteiger partial charge in [0.25, 0.3) is 0 Å². The van der Waals surface area contributed by atoms with E-state index in [1.807, 2.05) is 9.80 Å². The quantitative estimate of drug-likeness (QED) is 0.760. The molecule has 4 rings (SSSR count). The van der Waals surface area contributed by atoms with Gasteiger partial charge in [0.05, 0.1) is 6.10 Å². The minimum absolute atomic E-state index is 0. The maximum absolute atomic E-state index is 13.1. The first kappa shape index (κ1) is 21.9. The molecule has 2 N–H and O–H groups in total. The van der Waals surface area contributed by atoms with Gasteiger partial charge in [0.15, 0.2) is 0 Å². The Morgan fingerprint density at radius 1 is 1.10 bits per heavy atom. The lowest BCUT2D eigenvalue weighted by molar-refractivity contribution is -0.145. The summed E-state index contributed by atoms with van der Waals surface area (Å²) in [4.78, 5) is 27.6. The molecular formula is C21H30ClN3O4. The molecule has 1 aromatic carbocycles. The van der Waals surface area contributed by atoms with Crippen LogP contribution < -0.4 is 10.2 Å². The van der Waals surface area contributed by atoms with Crippen LogP contribution in [0.5, 0.6) is 0 Å². The van der Waals surface area contributed by atoms with Crippen LogP contribution in [0.25, 0.3) is 0 Å². The van der Waals surface area contributed by atoms with Crippen LogP contribution >= 0.6 is 12.4 Å². The van der Waals surface area contributed by atoms with E-state index in [1.54, 1.807) is 0 Å². The molecule has 2 amide bonds. The smallest absolute Gasteiger partial charge is 0.329 e. The zero-order valence-electron chi connectivity index (χ0n) is 16.6. The van der Waals surface area contributed by atoms with Crippen molar-refractivity contribution in [3.8, 4) is 0 Å². The SMILES string of the molecule is Cl.O=C(O)COC1CCC(N2CCN(c3ccc4c(c3)CCNCC4)C2=O)CC1. The number of rotatable bonds is 5. The van der Waals surface area contributed by atoms with Gasteiger partial charge in [0, 0.05) is 24.8 Å². The molecule has 0 radical (unpaired) electrons. The molecule has 1 aromatic rings. The van der Waals surface area contributed by atoms with E-state index in [9.17, 15) is 9.59 Å². The fraction of sp³-hybridized carbons (Fsp3) is 0.619. The van der Waals surface area contributed by atoms with E-state index < -0.39 is 5.97 Å². The van der Waals surface area contributed by atoms with Gasteiger partial charge in [-0.3, -0.25) is 4.90 Å². The number of carbonyl (C=O) groups is 2. The summed E-state index contributed by atoms with van der Waals surface area (Å²) in [6.07, 6.45) is 5.43. The second-order valence-corrected chi connectivity index (χ2v) is 7.97. The highest BCUT2D eigenvalue weighted by atomic mass is 35.5. The minimum atomic E-state index is -0.927. The minimum Gasteiger partial charge on any atom is -0.480 e. The first-order valence-electron chi connectivity index (χ1n) is 10.4. The molecule has 7 nitrogen and oxygen atoms in total. The Kier molecular flexibility index (Phi) is 7.38. The highest BCUT2D eigenvalue weighted by Crippen LogP contribution is 2.30. The molecule has 0 aromatic heterocycles. The van der Waals surface area contributed by atoms with E-state index in [1.165, 1.54) is 11.1 Å². The van der Waals surface area contributed by atoms with E-state index >= 15 is 0 Å². The number of fused-ring (bicyclic) bond motifs is 1. The van der Waals surface area contributed by atoms with Crippen LogP contribution in [0, 0.1) is 0 Å². The number of hydrogen-bond acceptors (Lipinski definition) is 4. The lowest BCUT2D eigenvalue weighted by Crippen LogP contribution is -2.42. The lowest BCUT2D eigenvalue weighted by Gasteiger charge is -2.34. The Morgan fingerprint density at radius 2 is 1.83 bits per heavy atom. The Bertz CT molecular complexity index is 737. The largest absolute Gasteiger partial charge is 0.480 e. The summed E-state index contributed by atoms with van der Waals surface area (Å²) in [5.41, 5.74) is 3.74. The van der Waals surface area contributed by atoms with Gasteiger partial charge in [-0.1, -0.05) is 6.07 Å². The fourth-order valence-corrected chi connectivity index (χ4v) is 4.67. The zero-order chi connectivity index (χ0) is 19.5. The number of ether oxygens (including phenoxy) is 1. The lowest BCUT2D eigenvalue weighted by atomic mass is 9.92.